The average molecular weight is 195 g/mol. The minimum atomic E-state index is 0.0111. The zero-order chi connectivity index (χ0) is 9.31. The molecule has 0 aliphatic heterocycles. The van der Waals surface area contributed by atoms with Crippen LogP contribution in [0.25, 0.3) is 0 Å². The fourth-order valence-electron chi connectivity index (χ4n) is 2.12. The summed E-state index contributed by atoms with van der Waals surface area (Å²) in [7, 11) is 0. The lowest BCUT2D eigenvalue weighted by Crippen LogP contribution is -2.37. The van der Waals surface area contributed by atoms with Crippen molar-refractivity contribution in [2.24, 2.45) is 5.73 Å². The molecule has 1 nitrogen and oxygen atoms in total. The quantitative estimate of drug-likeness (QED) is 0.732. The normalized spacial score (nSPS) is 21.7. The Morgan fingerprint density at radius 1 is 1.31 bits per heavy atom. The predicted octanol–water partition coefficient (Wildman–Crippen LogP) is 3.17. The molecule has 0 spiro atoms. The van der Waals surface area contributed by atoms with Crippen LogP contribution < -0.4 is 5.73 Å². The molecule has 1 aliphatic carbocycles. The molecule has 0 amide bonds. The van der Waals surface area contributed by atoms with E-state index < -0.39 is 0 Å². The summed E-state index contributed by atoms with van der Waals surface area (Å²) in [6.45, 7) is 2.15. The Hall–Kier alpha value is -0.340. The third-order valence-electron chi connectivity index (χ3n) is 2.97. The highest BCUT2D eigenvalue weighted by atomic mass is 32.1. The van der Waals surface area contributed by atoms with Crippen molar-refractivity contribution in [3.63, 3.8) is 0 Å². The first-order chi connectivity index (χ1) is 6.21. The fraction of sp³-hybridized carbons (Fsp3) is 0.636. The Kier molecular flexibility index (Phi) is 2.43. The molecular weight excluding hydrogens is 178 g/mol. The number of nitrogens with two attached hydrogens (primary N) is 1. The summed E-state index contributed by atoms with van der Waals surface area (Å²) in [6, 6.07) is 2.26. The zero-order valence-corrected chi connectivity index (χ0v) is 8.99. The van der Waals surface area contributed by atoms with E-state index in [1.54, 1.807) is 0 Å². The molecule has 1 aliphatic rings. The molecule has 1 saturated carbocycles. The molecule has 2 heteroatoms. The lowest BCUT2D eigenvalue weighted by Gasteiger charge is -2.32. The molecule has 0 radical (unpaired) electrons. The predicted molar refractivity (Wildman–Crippen MR) is 58.0 cm³/mol. The number of hydrogen-bond acceptors (Lipinski definition) is 2. The van der Waals surface area contributed by atoms with Gasteiger partial charge in [0.1, 0.15) is 0 Å². The second kappa shape index (κ2) is 3.43. The van der Waals surface area contributed by atoms with Crippen molar-refractivity contribution in [1.82, 2.24) is 0 Å². The molecule has 1 heterocycles. The van der Waals surface area contributed by atoms with Gasteiger partial charge in [0.2, 0.25) is 0 Å². The topological polar surface area (TPSA) is 26.0 Å². The zero-order valence-electron chi connectivity index (χ0n) is 8.18. The summed E-state index contributed by atoms with van der Waals surface area (Å²) >= 11 is 1.83. The van der Waals surface area contributed by atoms with Crippen LogP contribution in [0.4, 0.5) is 0 Å². The van der Waals surface area contributed by atoms with Crippen LogP contribution >= 0.6 is 11.3 Å². The highest BCUT2D eigenvalue weighted by Crippen LogP contribution is 2.37. The second-order valence-electron chi connectivity index (χ2n) is 4.21. The first-order valence-electron chi connectivity index (χ1n) is 5.05. The molecule has 2 N–H and O–H groups in total. The third kappa shape index (κ3) is 1.79. The van der Waals surface area contributed by atoms with Crippen LogP contribution in [0.2, 0.25) is 0 Å². The van der Waals surface area contributed by atoms with Crippen LogP contribution in [-0.2, 0) is 5.54 Å². The van der Waals surface area contributed by atoms with Gasteiger partial charge < -0.3 is 5.73 Å². The van der Waals surface area contributed by atoms with Crippen LogP contribution in [0.15, 0.2) is 11.4 Å². The van der Waals surface area contributed by atoms with Crippen molar-refractivity contribution in [2.75, 3.05) is 0 Å². The Balaban J connectivity index is 2.22. The van der Waals surface area contributed by atoms with Gasteiger partial charge in [0.05, 0.1) is 5.54 Å². The molecule has 1 fully saturated rings. The summed E-state index contributed by atoms with van der Waals surface area (Å²) in [6.07, 6.45) is 6.31. The van der Waals surface area contributed by atoms with Crippen molar-refractivity contribution in [3.05, 3.63) is 21.9 Å². The van der Waals surface area contributed by atoms with E-state index in [1.165, 1.54) is 42.5 Å². The van der Waals surface area contributed by atoms with E-state index in [0.29, 0.717) is 0 Å². The SMILES string of the molecule is Cc1csc(C2(N)CCCCC2)c1. The summed E-state index contributed by atoms with van der Waals surface area (Å²) in [5.41, 5.74) is 7.77. The van der Waals surface area contributed by atoms with Gasteiger partial charge in [0, 0.05) is 4.88 Å². The third-order valence-corrected chi connectivity index (χ3v) is 4.24. The van der Waals surface area contributed by atoms with Gasteiger partial charge in [-0.05, 0) is 36.8 Å². The van der Waals surface area contributed by atoms with Crippen molar-refractivity contribution in [1.29, 1.82) is 0 Å². The maximum atomic E-state index is 6.40. The van der Waals surface area contributed by atoms with Crippen molar-refractivity contribution >= 4 is 11.3 Å². The summed E-state index contributed by atoms with van der Waals surface area (Å²) in [5, 5.41) is 2.21. The first kappa shape index (κ1) is 9.22. The maximum absolute atomic E-state index is 6.40. The Morgan fingerprint density at radius 3 is 2.54 bits per heavy atom. The van der Waals surface area contributed by atoms with Crippen molar-refractivity contribution < 1.29 is 0 Å². The summed E-state index contributed by atoms with van der Waals surface area (Å²) in [4.78, 5) is 1.39. The van der Waals surface area contributed by atoms with E-state index in [4.69, 9.17) is 5.73 Å². The Labute approximate surface area is 84.0 Å². The lowest BCUT2D eigenvalue weighted by molar-refractivity contribution is 0.307. The van der Waals surface area contributed by atoms with Crippen LogP contribution in [0.1, 0.15) is 42.5 Å². The molecule has 1 aromatic heterocycles. The van der Waals surface area contributed by atoms with Gasteiger partial charge in [-0.2, -0.15) is 0 Å². The minimum Gasteiger partial charge on any atom is -0.321 e. The van der Waals surface area contributed by atoms with Gasteiger partial charge in [0.15, 0.2) is 0 Å². The Morgan fingerprint density at radius 2 is 2.00 bits per heavy atom. The standard InChI is InChI=1S/C11H17NS/c1-9-7-10(13-8-9)11(12)5-3-2-4-6-11/h7-8H,2-6,12H2,1H3. The van der Waals surface area contributed by atoms with Crippen LogP contribution in [0.5, 0.6) is 0 Å². The first-order valence-corrected chi connectivity index (χ1v) is 5.93. The van der Waals surface area contributed by atoms with E-state index in [9.17, 15) is 0 Å². The van der Waals surface area contributed by atoms with Crippen LogP contribution in [0, 0.1) is 6.92 Å². The minimum absolute atomic E-state index is 0.0111. The molecule has 0 aromatic carbocycles. The van der Waals surface area contributed by atoms with E-state index in [2.05, 4.69) is 18.4 Å². The molecule has 0 atom stereocenters. The van der Waals surface area contributed by atoms with Gasteiger partial charge in [-0.1, -0.05) is 19.3 Å². The molecule has 0 unspecified atom stereocenters. The molecule has 1 aromatic rings. The van der Waals surface area contributed by atoms with E-state index >= 15 is 0 Å². The average Bonchev–Trinajstić information content (AvgIpc) is 2.54. The molecular formula is C11H17NS. The lowest BCUT2D eigenvalue weighted by atomic mass is 9.81. The van der Waals surface area contributed by atoms with Gasteiger partial charge >= 0.3 is 0 Å². The van der Waals surface area contributed by atoms with Gasteiger partial charge in [-0.25, -0.2) is 0 Å². The summed E-state index contributed by atoms with van der Waals surface area (Å²) < 4.78 is 0. The van der Waals surface area contributed by atoms with E-state index in [1.807, 2.05) is 11.3 Å². The van der Waals surface area contributed by atoms with Gasteiger partial charge in [-0.15, -0.1) is 11.3 Å². The molecule has 13 heavy (non-hydrogen) atoms. The highest BCUT2D eigenvalue weighted by molar-refractivity contribution is 7.10. The molecule has 0 saturated heterocycles. The fourth-order valence-corrected chi connectivity index (χ4v) is 3.20. The molecule has 0 bridgehead atoms. The number of hydrogen-bond donors (Lipinski definition) is 1. The molecule has 72 valence electrons. The van der Waals surface area contributed by atoms with Crippen LogP contribution in [-0.4, -0.2) is 0 Å². The highest BCUT2D eigenvalue weighted by Gasteiger charge is 2.30. The van der Waals surface area contributed by atoms with Gasteiger partial charge in [-0.3, -0.25) is 0 Å². The van der Waals surface area contributed by atoms with E-state index in [-0.39, 0.29) is 5.54 Å². The number of thiophene rings is 1. The van der Waals surface area contributed by atoms with Crippen LogP contribution in [0.3, 0.4) is 0 Å². The number of rotatable bonds is 1. The van der Waals surface area contributed by atoms with Crippen molar-refractivity contribution in [2.45, 2.75) is 44.6 Å². The van der Waals surface area contributed by atoms with E-state index in [0.717, 1.165) is 0 Å². The van der Waals surface area contributed by atoms with Crippen molar-refractivity contribution in [3.8, 4) is 0 Å². The summed E-state index contributed by atoms with van der Waals surface area (Å²) in [5.74, 6) is 0. The second-order valence-corrected chi connectivity index (χ2v) is 5.12. The molecule has 2 rings (SSSR count). The van der Waals surface area contributed by atoms with Gasteiger partial charge in [0.25, 0.3) is 0 Å². The maximum Gasteiger partial charge on any atom is 0.0503 e. The monoisotopic (exact) mass is 195 g/mol. The smallest absolute Gasteiger partial charge is 0.0503 e. The number of aryl methyl sites for hydroxylation is 1. The Bertz CT molecular complexity index is 284. The largest absolute Gasteiger partial charge is 0.321 e.